The average Bonchev–Trinajstić information content (AvgIpc) is 1.60. The fraction of sp³-hybridized carbons (Fsp3) is 0.500. The summed E-state index contributed by atoms with van der Waals surface area (Å²) in [4.78, 5) is 19.8. The smallest absolute Gasteiger partial charge is 0.321 e. The topological polar surface area (TPSA) is 101 Å². The van der Waals surface area contributed by atoms with Crippen LogP contribution in [0.1, 0.15) is 7.79 Å². The molecule has 0 aromatic heterocycles. The number of nitrogens with two attached hydrogens (primary N) is 1. The number of carbonyl (C=O) groups is 2. The van der Waals surface area contributed by atoms with Crippen molar-refractivity contribution in [3.05, 3.63) is 0 Å². The summed E-state index contributed by atoms with van der Waals surface area (Å²) in [5.74, 6) is -3.05. The van der Waals surface area contributed by atoms with Gasteiger partial charge in [0, 0.05) is 0 Å². The maximum atomic E-state index is 9.98. The molecule has 0 saturated carbocycles. The molecule has 0 heterocycles. The van der Waals surface area contributed by atoms with Gasteiger partial charge < -0.3 is 15.9 Å². The summed E-state index contributed by atoms with van der Waals surface area (Å²) < 4.78 is 6.71. The number of rotatable bonds is 3. The highest BCUT2D eigenvalue weighted by atomic mass is 16.4. The van der Waals surface area contributed by atoms with Crippen molar-refractivity contribution < 1.29 is 21.2 Å². The molecule has 0 aromatic rings. The molecule has 0 amide bonds. The Bertz CT molecular complexity index is 167. The van der Waals surface area contributed by atoms with Crippen LogP contribution in [-0.2, 0) is 9.59 Å². The standard InChI is InChI=1S/C4H7NO4/c5-2(4(8)9)1-3(6)7/h2H,1,5H2,(H,6,7)(H,8,9)/i2D. The molecule has 9 heavy (non-hydrogen) atoms. The second-order valence-corrected chi connectivity index (χ2v) is 1.40. The first-order valence-electron chi connectivity index (χ1n) is 2.60. The van der Waals surface area contributed by atoms with Crippen LogP contribution >= 0.6 is 0 Å². The summed E-state index contributed by atoms with van der Waals surface area (Å²) in [5.41, 5.74) is 4.75. The molecule has 0 aliphatic carbocycles. The van der Waals surface area contributed by atoms with Crippen LogP contribution in [-0.4, -0.2) is 28.2 Å². The van der Waals surface area contributed by atoms with E-state index in [1.165, 1.54) is 0 Å². The van der Waals surface area contributed by atoms with Gasteiger partial charge in [0.25, 0.3) is 0 Å². The lowest BCUT2D eigenvalue weighted by atomic mass is 10.2. The molecule has 0 fully saturated rings. The van der Waals surface area contributed by atoms with Crippen LogP contribution in [0.5, 0.6) is 0 Å². The maximum absolute atomic E-state index is 9.98. The van der Waals surface area contributed by atoms with Gasteiger partial charge >= 0.3 is 11.9 Å². The molecule has 52 valence electrons. The molecule has 0 spiro atoms. The third kappa shape index (κ3) is 3.48. The van der Waals surface area contributed by atoms with Gasteiger partial charge in [-0.1, -0.05) is 0 Å². The van der Waals surface area contributed by atoms with Gasteiger partial charge in [0.2, 0.25) is 0 Å². The highest BCUT2D eigenvalue weighted by Crippen LogP contribution is 1.86. The van der Waals surface area contributed by atoms with E-state index < -0.39 is 24.4 Å². The highest BCUT2D eigenvalue weighted by molar-refractivity contribution is 5.80. The minimum absolute atomic E-state index is 0.900. The molecule has 0 aromatic carbocycles. The molecule has 0 saturated heterocycles. The summed E-state index contributed by atoms with van der Waals surface area (Å²) >= 11 is 0. The van der Waals surface area contributed by atoms with E-state index in [4.69, 9.17) is 17.3 Å². The number of carboxylic acids is 2. The minimum Gasteiger partial charge on any atom is -0.481 e. The average molecular weight is 134 g/mol. The zero-order valence-electron chi connectivity index (χ0n) is 5.50. The predicted octanol–water partition coefficient (Wildman–Crippen LogP) is -1.13. The van der Waals surface area contributed by atoms with Crippen LogP contribution in [0.15, 0.2) is 0 Å². The van der Waals surface area contributed by atoms with Gasteiger partial charge in [0.15, 0.2) is 0 Å². The SMILES string of the molecule is [2H]C(N)(CC(=O)O)C(=O)O. The Balaban J connectivity index is 4.13. The summed E-state index contributed by atoms with van der Waals surface area (Å²) in [7, 11) is 0. The highest BCUT2D eigenvalue weighted by Gasteiger charge is 2.14. The lowest BCUT2D eigenvalue weighted by Gasteiger charge is -1.99. The Hall–Kier alpha value is -1.10. The predicted molar refractivity (Wildman–Crippen MR) is 27.9 cm³/mol. The van der Waals surface area contributed by atoms with Crippen molar-refractivity contribution in [3.8, 4) is 0 Å². The first-order valence-corrected chi connectivity index (χ1v) is 2.10. The third-order valence-electron chi connectivity index (χ3n) is 0.616. The first kappa shape index (κ1) is 6.03. The monoisotopic (exact) mass is 134 g/mol. The molecule has 0 rings (SSSR count). The van der Waals surface area contributed by atoms with Crippen LogP contribution in [0.4, 0.5) is 0 Å². The zero-order chi connectivity index (χ0) is 8.36. The zero-order valence-corrected chi connectivity index (χ0v) is 4.50. The molecule has 4 N–H and O–H groups in total. The van der Waals surface area contributed by atoms with Gasteiger partial charge in [-0.25, -0.2) is 0 Å². The normalized spacial score (nSPS) is 17.7. The number of hydrogen-bond donors (Lipinski definition) is 3. The van der Waals surface area contributed by atoms with Crippen molar-refractivity contribution in [2.45, 2.75) is 12.4 Å². The number of hydrogen-bond acceptors (Lipinski definition) is 3. The van der Waals surface area contributed by atoms with E-state index in [1.807, 2.05) is 0 Å². The van der Waals surface area contributed by atoms with Crippen LogP contribution in [0, 0.1) is 0 Å². The Kier molecular flexibility index (Phi) is 2.03. The molecule has 0 radical (unpaired) electrons. The van der Waals surface area contributed by atoms with E-state index in [2.05, 4.69) is 0 Å². The van der Waals surface area contributed by atoms with E-state index in [1.54, 1.807) is 0 Å². The molecule has 1 unspecified atom stereocenters. The Labute approximate surface area is 52.5 Å². The van der Waals surface area contributed by atoms with E-state index in [9.17, 15) is 9.59 Å². The van der Waals surface area contributed by atoms with Crippen molar-refractivity contribution in [1.29, 1.82) is 0 Å². The van der Waals surface area contributed by atoms with Gasteiger partial charge in [-0.3, -0.25) is 9.59 Å². The van der Waals surface area contributed by atoms with E-state index >= 15 is 0 Å². The summed E-state index contributed by atoms with van der Waals surface area (Å²) in [5, 5.41) is 16.1. The third-order valence-corrected chi connectivity index (χ3v) is 0.616. The van der Waals surface area contributed by atoms with Gasteiger partial charge in [0.05, 0.1) is 7.79 Å². The van der Waals surface area contributed by atoms with Gasteiger partial charge in [-0.2, -0.15) is 0 Å². The quantitative estimate of drug-likeness (QED) is 0.453. The Morgan fingerprint density at radius 1 is 1.67 bits per heavy atom. The molecule has 0 aliphatic rings. The van der Waals surface area contributed by atoms with Crippen molar-refractivity contribution in [2.24, 2.45) is 5.73 Å². The molecule has 0 bridgehead atoms. The Morgan fingerprint density at radius 2 is 2.11 bits per heavy atom. The largest absolute Gasteiger partial charge is 0.481 e. The maximum Gasteiger partial charge on any atom is 0.321 e. The molecule has 5 heteroatoms. The lowest BCUT2D eigenvalue weighted by Crippen LogP contribution is -2.32. The number of carboxylic acid groups (broad SMARTS) is 2. The van der Waals surface area contributed by atoms with Crippen LogP contribution in [0.3, 0.4) is 0 Å². The van der Waals surface area contributed by atoms with E-state index in [0.29, 0.717) is 0 Å². The molecular weight excluding hydrogens is 126 g/mol. The summed E-state index contributed by atoms with van der Waals surface area (Å²) in [6.07, 6.45) is -0.900. The molecular formula is C4H7NO4. The molecule has 1 atom stereocenters. The first-order chi connectivity index (χ1) is 4.36. The second-order valence-electron chi connectivity index (χ2n) is 1.40. The van der Waals surface area contributed by atoms with Crippen LogP contribution in [0.25, 0.3) is 0 Å². The lowest BCUT2D eigenvalue weighted by molar-refractivity contribution is -0.144. The molecule has 0 aliphatic heterocycles. The van der Waals surface area contributed by atoms with Crippen molar-refractivity contribution in [3.63, 3.8) is 0 Å². The van der Waals surface area contributed by atoms with Crippen molar-refractivity contribution >= 4 is 11.9 Å². The van der Waals surface area contributed by atoms with Crippen molar-refractivity contribution in [2.75, 3.05) is 0 Å². The van der Waals surface area contributed by atoms with Gasteiger partial charge in [-0.05, 0) is 0 Å². The van der Waals surface area contributed by atoms with Crippen LogP contribution in [0.2, 0.25) is 0 Å². The summed E-state index contributed by atoms with van der Waals surface area (Å²) in [6, 6.07) is -2.41. The fourth-order valence-electron chi connectivity index (χ4n) is 0.239. The van der Waals surface area contributed by atoms with E-state index in [0.717, 1.165) is 0 Å². The Morgan fingerprint density at radius 3 is 2.22 bits per heavy atom. The van der Waals surface area contributed by atoms with Crippen LogP contribution < -0.4 is 5.73 Å². The summed E-state index contributed by atoms with van der Waals surface area (Å²) in [6.45, 7) is 0. The number of aliphatic carboxylic acids is 2. The second kappa shape index (κ2) is 3.03. The fourth-order valence-corrected chi connectivity index (χ4v) is 0.239. The minimum atomic E-state index is -2.41. The van der Waals surface area contributed by atoms with Gasteiger partial charge in [0.1, 0.15) is 6.02 Å². The van der Waals surface area contributed by atoms with Crippen molar-refractivity contribution in [1.82, 2.24) is 0 Å². The van der Waals surface area contributed by atoms with Gasteiger partial charge in [-0.15, -0.1) is 0 Å². The molecule has 5 nitrogen and oxygen atoms in total. The van der Waals surface area contributed by atoms with E-state index in [-0.39, 0.29) is 0 Å².